The van der Waals surface area contributed by atoms with E-state index in [1.54, 1.807) is 7.11 Å². The zero-order chi connectivity index (χ0) is 12.1. The summed E-state index contributed by atoms with van der Waals surface area (Å²) in [5.41, 5.74) is 0. The summed E-state index contributed by atoms with van der Waals surface area (Å²) in [5, 5.41) is 0. The van der Waals surface area contributed by atoms with Crippen molar-refractivity contribution in [1.29, 1.82) is 0 Å². The SMILES string of the molecule is CCCCCCC[CH2][Sn](=[O])[O]CCCOC. The van der Waals surface area contributed by atoms with Crippen molar-refractivity contribution in [3.8, 4) is 0 Å². The van der Waals surface area contributed by atoms with E-state index in [2.05, 4.69) is 6.92 Å². The van der Waals surface area contributed by atoms with Gasteiger partial charge in [-0.25, -0.2) is 0 Å². The Kier molecular flexibility index (Phi) is 14.0. The summed E-state index contributed by atoms with van der Waals surface area (Å²) in [5.74, 6) is 0. The van der Waals surface area contributed by atoms with Crippen LogP contribution < -0.4 is 0 Å². The van der Waals surface area contributed by atoms with Crippen LogP contribution in [0.2, 0.25) is 4.44 Å². The molecule has 0 amide bonds. The summed E-state index contributed by atoms with van der Waals surface area (Å²) in [6, 6.07) is 0. The molecule has 3 nitrogen and oxygen atoms in total. The van der Waals surface area contributed by atoms with Crippen molar-refractivity contribution in [2.24, 2.45) is 0 Å². The van der Waals surface area contributed by atoms with Gasteiger partial charge in [0, 0.05) is 0 Å². The maximum absolute atomic E-state index is 11.5. The van der Waals surface area contributed by atoms with Gasteiger partial charge in [0.1, 0.15) is 0 Å². The topological polar surface area (TPSA) is 35.5 Å². The molecule has 0 aliphatic carbocycles. The van der Waals surface area contributed by atoms with Gasteiger partial charge in [-0.2, -0.15) is 0 Å². The van der Waals surface area contributed by atoms with Gasteiger partial charge in [0.05, 0.1) is 0 Å². The Morgan fingerprint density at radius 1 is 0.938 bits per heavy atom. The van der Waals surface area contributed by atoms with Gasteiger partial charge < -0.3 is 0 Å². The Hall–Kier alpha value is 0.519. The monoisotopic (exact) mass is 338 g/mol. The number of ether oxygens (including phenoxy) is 1. The average Bonchev–Trinajstić information content (AvgIpc) is 2.29. The molecule has 0 aromatic heterocycles. The quantitative estimate of drug-likeness (QED) is 0.405. The van der Waals surface area contributed by atoms with E-state index in [4.69, 9.17) is 7.81 Å². The van der Waals surface area contributed by atoms with E-state index in [0.717, 1.165) is 17.3 Å². The second kappa shape index (κ2) is 13.6. The second-order valence-electron chi connectivity index (χ2n) is 4.08. The van der Waals surface area contributed by atoms with E-state index < -0.39 is 20.2 Å². The predicted octanol–water partition coefficient (Wildman–Crippen LogP) is 3.32. The predicted molar refractivity (Wildman–Crippen MR) is 67.1 cm³/mol. The molecular weight excluding hydrogens is 311 g/mol. The third-order valence-electron chi connectivity index (χ3n) is 2.49. The van der Waals surface area contributed by atoms with Gasteiger partial charge in [0.15, 0.2) is 0 Å². The van der Waals surface area contributed by atoms with Gasteiger partial charge in [-0.15, -0.1) is 0 Å². The van der Waals surface area contributed by atoms with Crippen LogP contribution in [0.1, 0.15) is 51.9 Å². The summed E-state index contributed by atoms with van der Waals surface area (Å²) in [6.07, 6.45) is 8.39. The Morgan fingerprint density at radius 3 is 2.31 bits per heavy atom. The van der Waals surface area contributed by atoms with Crippen LogP contribution in [0.25, 0.3) is 0 Å². The summed E-state index contributed by atoms with van der Waals surface area (Å²) in [4.78, 5) is 0. The molecule has 0 aromatic carbocycles. The van der Waals surface area contributed by atoms with Crippen LogP contribution in [-0.4, -0.2) is 40.5 Å². The molecule has 0 spiro atoms. The van der Waals surface area contributed by atoms with Crippen molar-refractivity contribution in [2.45, 2.75) is 56.3 Å². The van der Waals surface area contributed by atoms with Crippen molar-refractivity contribution in [3.63, 3.8) is 0 Å². The van der Waals surface area contributed by atoms with Crippen LogP contribution in [0.5, 0.6) is 0 Å². The first-order valence-electron chi connectivity index (χ1n) is 6.45. The Labute approximate surface area is 108 Å². The molecule has 0 aromatic rings. The fourth-order valence-corrected chi connectivity index (χ4v) is 4.52. The molecule has 96 valence electrons. The van der Waals surface area contributed by atoms with Crippen molar-refractivity contribution in [3.05, 3.63) is 0 Å². The average molecular weight is 337 g/mol. The fraction of sp³-hybridized carbons (Fsp3) is 1.00. The number of unbranched alkanes of at least 4 members (excludes halogenated alkanes) is 5. The normalized spacial score (nSPS) is 10.6. The van der Waals surface area contributed by atoms with Gasteiger partial charge in [-0.05, 0) is 0 Å². The van der Waals surface area contributed by atoms with Gasteiger partial charge >= 0.3 is 108 Å². The molecule has 0 rings (SSSR count). The fourth-order valence-electron chi connectivity index (χ4n) is 1.51. The van der Waals surface area contributed by atoms with Gasteiger partial charge in [-0.3, -0.25) is 0 Å². The molecule has 0 unspecified atom stereocenters. The number of hydrogen-bond acceptors (Lipinski definition) is 3. The van der Waals surface area contributed by atoms with Gasteiger partial charge in [0.2, 0.25) is 0 Å². The van der Waals surface area contributed by atoms with Gasteiger partial charge in [-0.1, -0.05) is 0 Å². The molecule has 4 heteroatoms. The Morgan fingerprint density at radius 2 is 1.62 bits per heavy atom. The molecule has 0 saturated carbocycles. The standard InChI is InChI=1S/C8H17.C4H9O2.O.Sn/c1-3-5-7-8-6-4-2;1-6-4-2-3-5;;/h1,3-8H2,2H3;2-4H2,1H3;;/q;-1;;+1. The first-order chi connectivity index (χ1) is 7.81. The summed E-state index contributed by atoms with van der Waals surface area (Å²) < 4.78 is 22.6. The Balaban J connectivity index is 3.11. The van der Waals surface area contributed by atoms with Crippen molar-refractivity contribution in [1.82, 2.24) is 0 Å². The third-order valence-corrected chi connectivity index (χ3v) is 6.17. The first-order valence-corrected chi connectivity index (χ1v) is 10.8. The molecule has 0 N–H and O–H groups in total. The Bertz CT molecular complexity index is 162. The maximum atomic E-state index is 11.5. The molecular formula is C12H26O3Sn. The molecule has 0 bridgehead atoms. The van der Waals surface area contributed by atoms with Crippen LogP contribution in [-0.2, 0) is 10.9 Å². The van der Waals surface area contributed by atoms with E-state index in [9.17, 15) is 3.08 Å². The van der Waals surface area contributed by atoms with E-state index in [-0.39, 0.29) is 0 Å². The minimum absolute atomic E-state index is 0.613. The third kappa shape index (κ3) is 12.6. The minimum atomic E-state index is -2.64. The van der Waals surface area contributed by atoms with Crippen LogP contribution in [0.15, 0.2) is 0 Å². The molecule has 0 aliphatic heterocycles. The number of rotatable bonds is 12. The molecule has 0 fully saturated rings. The number of methoxy groups -OCH3 is 1. The van der Waals surface area contributed by atoms with E-state index in [0.29, 0.717) is 13.2 Å². The zero-order valence-electron chi connectivity index (χ0n) is 10.8. The van der Waals surface area contributed by atoms with E-state index in [1.807, 2.05) is 0 Å². The number of hydrogen-bond donors (Lipinski definition) is 0. The second-order valence-corrected chi connectivity index (χ2v) is 8.46. The first kappa shape index (κ1) is 16.5. The zero-order valence-corrected chi connectivity index (χ0v) is 13.6. The molecule has 0 aliphatic rings. The van der Waals surface area contributed by atoms with E-state index >= 15 is 0 Å². The van der Waals surface area contributed by atoms with Crippen molar-refractivity contribution in [2.75, 3.05) is 20.3 Å². The summed E-state index contributed by atoms with van der Waals surface area (Å²) >= 11 is -2.64. The van der Waals surface area contributed by atoms with Crippen LogP contribution in [0, 0.1) is 0 Å². The molecule has 0 atom stereocenters. The van der Waals surface area contributed by atoms with Gasteiger partial charge in [0.25, 0.3) is 0 Å². The van der Waals surface area contributed by atoms with E-state index in [1.165, 1.54) is 32.1 Å². The molecule has 0 saturated heterocycles. The van der Waals surface area contributed by atoms with Crippen LogP contribution in [0.4, 0.5) is 0 Å². The molecule has 0 heterocycles. The summed E-state index contributed by atoms with van der Waals surface area (Å²) in [6.45, 7) is 3.53. The van der Waals surface area contributed by atoms with Crippen LogP contribution >= 0.6 is 0 Å². The van der Waals surface area contributed by atoms with Crippen LogP contribution in [0.3, 0.4) is 0 Å². The van der Waals surface area contributed by atoms with Crippen molar-refractivity contribution < 1.29 is 10.9 Å². The molecule has 0 radical (unpaired) electrons. The summed E-state index contributed by atoms with van der Waals surface area (Å²) in [7, 11) is 1.67. The van der Waals surface area contributed by atoms with Crippen molar-refractivity contribution >= 4 is 20.2 Å². The molecule has 16 heavy (non-hydrogen) atoms.